The van der Waals surface area contributed by atoms with Crippen molar-refractivity contribution in [3.63, 3.8) is 0 Å². The number of hydrogen-bond acceptors (Lipinski definition) is 6. The van der Waals surface area contributed by atoms with Crippen molar-refractivity contribution in [1.29, 1.82) is 0 Å². The number of ether oxygens (including phenoxy) is 1. The zero-order chi connectivity index (χ0) is 30.0. The molecule has 7 heteroatoms. The number of piperazine rings is 1. The molecule has 0 aliphatic carbocycles. The Hall–Kier alpha value is -2.77. The molecule has 0 bridgehead atoms. The van der Waals surface area contributed by atoms with Crippen molar-refractivity contribution in [3.05, 3.63) is 54.1 Å². The molecule has 234 valence electrons. The summed E-state index contributed by atoms with van der Waals surface area (Å²) < 4.78 is 5.96. The van der Waals surface area contributed by atoms with Gasteiger partial charge in [0.2, 0.25) is 5.91 Å². The summed E-state index contributed by atoms with van der Waals surface area (Å²) >= 11 is 0. The van der Waals surface area contributed by atoms with E-state index in [9.17, 15) is 9.90 Å². The fraction of sp³-hybridized carbons (Fsp3) is 0.629. The number of phenolic OH excluding ortho intramolecular Hbond substituents is 1. The van der Waals surface area contributed by atoms with E-state index < -0.39 is 0 Å². The molecule has 3 N–H and O–H groups in total. The second-order valence-corrected chi connectivity index (χ2v) is 12.0. The van der Waals surface area contributed by atoms with Gasteiger partial charge < -0.3 is 25.4 Å². The molecular formula is C35H56N4O3. The van der Waals surface area contributed by atoms with Gasteiger partial charge in [-0.1, -0.05) is 69.9 Å². The molecule has 2 aromatic rings. The van der Waals surface area contributed by atoms with Crippen LogP contribution in [0.3, 0.4) is 0 Å². The summed E-state index contributed by atoms with van der Waals surface area (Å²) in [5.41, 5.74) is 2.32. The van der Waals surface area contributed by atoms with Gasteiger partial charge in [0, 0.05) is 56.9 Å². The monoisotopic (exact) mass is 580 g/mol. The Balaban J connectivity index is 1.38. The number of phenols is 1. The van der Waals surface area contributed by atoms with Gasteiger partial charge >= 0.3 is 0 Å². The maximum absolute atomic E-state index is 11.3. The fourth-order valence-electron chi connectivity index (χ4n) is 5.82. The third-order valence-corrected chi connectivity index (χ3v) is 8.23. The molecule has 1 unspecified atom stereocenters. The summed E-state index contributed by atoms with van der Waals surface area (Å²) in [5.74, 6) is 1.13. The van der Waals surface area contributed by atoms with Crippen molar-refractivity contribution in [2.45, 2.75) is 90.5 Å². The number of anilines is 1. The Morgan fingerprint density at radius 2 is 1.57 bits per heavy atom. The van der Waals surface area contributed by atoms with Crippen molar-refractivity contribution in [1.82, 2.24) is 15.5 Å². The molecule has 1 fully saturated rings. The van der Waals surface area contributed by atoms with E-state index in [1.165, 1.54) is 37.9 Å². The number of benzene rings is 2. The lowest BCUT2D eigenvalue weighted by Crippen LogP contribution is -2.46. The van der Waals surface area contributed by atoms with Crippen LogP contribution >= 0.6 is 0 Å². The minimum atomic E-state index is 0.00910. The largest absolute Gasteiger partial charge is 0.504 e. The molecule has 0 saturated carbocycles. The molecule has 1 aliphatic rings. The molecule has 2 aromatic carbocycles. The molecule has 3 rings (SSSR count). The van der Waals surface area contributed by atoms with Gasteiger partial charge in [0.25, 0.3) is 0 Å². The predicted octanol–water partition coefficient (Wildman–Crippen LogP) is 6.32. The van der Waals surface area contributed by atoms with Crippen LogP contribution in [0.1, 0.15) is 90.0 Å². The average molecular weight is 581 g/mol. The summed E-state index contributed by atoms with van der Waals surface area (Å²) in [6.07, 6.45) is 9.91. The Bertz CT molecular complexity index is 1010. The predicted molar refractivity (Wildman–Crippen MR) is 175 cm³/mol. The Morgan fingerprint density at radius 3 is 2.31 bits per heavy atom. The van der Waals surface area contributed by atoms with E-state index in [-0.39, 0.29) is 17.6 Å². The number of hydrogen-bond donors (Lipinski definition) is 3. The first-order chi connectivity index (χ1) is 20.4. The van der Waals surface area contributed by atoms with E-state index in [1.54, 1.807) is 6.92 Å². The number of carbonyl (C=O) groups is 1. The van der Waals surface area contributed by atoms with E-state index in [0.717, 1.165) is 70.4 Å². The third-order valence-electron chi connectivity index (χ3n) is 8.23. The number of rotatable bonds is 20. The molecule has 1 amide bonds. The number of aromatic hydroxyl groups is 1. The number of nitrogens with one attached hydrogen (secondary N) is 2. The standard InChI is InChI=1S/C35H56N4O3/c1-29(2)36-22-14-28-42-34-20-12-19-33(35(34)41)31(16-13-21-37-30(3)40)15-8-5-4-6-11-23-38-24-26-39(27-25-38)32-17-9-7-10-18-32/h7,9-10,12,17-20,29,31,36,41H,4-6,8,11,13-16,21-28H2,1-3H3,(H,37,40). The Labute approximate surface area is 255 Å². The molecule has 0 radical (unpaired) electrons. The summed E-state index contributed by atoms with van der Waals surface area (Å²) in [4.78, 5) is 16.4. The first-order valence-corrected chi connectivity index (χ1v) is 16.4. The molecule has 7 nitrogen and oxygen atoms in total. The van der Waals surface area contributed by atoms with Gasteiger partial charge in [0.1, 0.15) is 0 Å². The van der Waals surface area contributed by atoms with Crippen LogP contribution < -0.4 is 20.3 Å². The van der Waals surface area contributed by atoms with Gasteiger partial charge in [0.15, 0.2) is 11.5 Å². The van der Waals surface area contributed by atoms with Crippen LogP contribution in [0.15, 0.2) is 48.5 Å². The fourth-order valence-corrected chi connectivity index (χ4v) is 5.82. The number of carbonyl (C=O) groups excluding carboxylic acids is 1. The zero-order valence-electron chi connectivity index (χ0n) is 26.5. The second kappa shape index (κ2) is 19.4. The average Bonchev–Trinajstić information content (AvgIpc) is 2.99. The first kappa shape index (κ1) is 33.7. The van der Waals surface area contributed by atoms with Crippen LogP contribution in [0.4, 0.5) is 5.69 Å². The van der Waals surface area contributed by atoms with E-state index in [2.05, 4.69) is 64.6 Å². The van der Waals surface area contributed by atoms with Gasteiger partial charge in [-0.2, -0.15) is 0 Å². The van der Waals surface area contributed by atoms with Crippen LogP contribution in [0.5, 0.6) is 11.5 Å². The quantitative estimate of drug-likeness (QED) is 0.159. The highest BCUT2D eigenvalue weighted by Gasteiger charge is 2.19. The van der Waals surface area contributed by atoms with Crippen molar-refractivity contribution in [3.8, 4) is 11.5 Å². The molecule has 0 spiro atoms. The minimum Gasteiger partial charge on any atom is -0.504 e. The van der Waals surface area contributed by atoms with Crippen LogP contribution in [-0.2, 0) is 4.79 Å². The summed E-state index contributed by atoms with van der Waals surface area (Å²) in [5, 5.41) is 17.4. The van der Waals surface area contributed by atoms with Crippen molar-refractivity contribution >= 4 is 11.6 Å². The Kier molecular flexibility index (Phi) is 15.6. The molecule has 1 saturated heterocycles. The smallest absolute Gasteiger partial charge is 0.216 e. The highest BCUT2D eigenvalue weighted by molar-refractivity contribution is 5.72. The normalized spacial score (nSPS) is 14.7. The molecule has 1 atom stereocenters. The van der Waals surface area contributed by atoms with Gasteiger partial charge in [-0.15, -0.1) is 0 Å². The van der Waals surface area contributed by atoms with Crippen molar-refractivity contribution in [2.24, 2.45) is 0 Å². The van der Waals surface area contributed by atoms with E-state index >= 15 is 0 Å². The van der Waals surface area contributed by atoms with Crippen LogP contribution in [-0.4, -0.2) is 74.4 Å². The topological polar surface area (TPSA) is 77.1 Å². The van der Waals surface area contributed by atoms with Gasteiger partial charge in [-0.25, -0.2) is 0 Å². The van der Waals surface area contributed by atoms with E-state index in [1.807, 2.05) is 18.2 Å². The van der Waals surface area contributed by atoms with Gasteiger partial charge in [0.05, 0.1) is 6.61 Å². The summed E-state index contributed by atoms with van der Waals surface area (Å²) in [6.45, 7) is 13.7. The van der Waals surface area contributed by atoms with Gasteiger partial charge in [-0.05, 0) is 69.3 Å². The van der Waals surface area contributed by atoms with Crippen LogP contribution in [0, 0.1) is 0 Å². The molecule has 0 aromatic heterocycles. The summed E-state index contributed by atoms with van der Waals surface area (Å²) in [7, 11) is 0. The SMILES string of the molecule is CC(=O)NCCCC(CCCCCCCN1CCN(c2ccccc2)CC1)c1cccc(OCCCNC(C)C)c1O. The maximum atomic E-state index is 11.3. The number of nitrogens with zero attached hydrogens (tertiary/aromatic N) is 2. The summed E-state index contributed by atoms with van der Waals surface area (Å²) in [6, 6.07) is 17.1. The van der Waals surface area contributed by atoms with Crippen LogP contribution in [0.25, 0.3) is 0 Å². The van der Waals surface area contributed by atoms with E-state index in [0.29, 0.717) is 24.9 Å². The molecule has 1 aliphatic heterocycles. The second-order valence-electron chi connectivity index (χ2n) is 12.0. The van der Waals surface area contributed by atoms with Crippen LogP contribution in [0.2, 0.25) is 0 Å². The minimum absolute atomic E-state index is 0.00910. The molecule has 42 heavy (non-hydrogen) atoms. The van der Waals surface area contributed by atoms with Crippen molar-refractivity contribution < 1.29 is 14.6 Å². The zero-order valence-corrected chi connectivity index (χ0v) is 26.5. The van der Waals surface area contributed by atoms with E-state index in [4.69, 9.17) is 4.74 Å². The lowest BCUT2D eigenvalue weighted by atomic mass is 9.88. The number of para-hydroxylation sites is 2. The molecular weight excluding hydrogens is 524 g/mol. The Morgan fingerprint density at radius 1 is 0.857 bits per heavy atom. The third kappa shape index (κ3) is 12.6. The number of unbranched alkanes of at least 4 members (excludes halogenated alkanes) is 4. The highest BCUT2D eigenvalue weighted by Crippen LogP contribution is 2.39. The first-order valence-electron chi connectivity index (χ1n) is 16.4. The van der Waals surface area contributed by atoms with Gasteiger partial charge in [-0.3, -0.25) is 9.69 Å². The number of amides is 1. The lowest BCUT2D eigenvalue weighted by Gasteiger charge is -2.36. The highest BCUT2D eigenvalue weighted by atomic mass is 16.5. The molecule has 1 heterocycles. The lowest BCUT2D eigenvalue weighted by molar-refractivity contribution is -0.118. The van der Waals surface area contributed by atoms with Crippen molar-refractivity contribution in [2.75, 3.05) is 57.3 Å². The maximum Gasteiger partial charge on any atom is 0.216 e.